The van der Waals surface area contributed by atoms with Gasteiger partial charge in [0.2, 0.25) is 0 Å². The first-order valence-corrected chi connectivity index (χ1v) is 6.67. The standard InChI is InChI=1S/C13H17ClN2O2/c1-9(10-5-2-3-6-10)15-13-11(14)7-4-8-12(13)16(17)18/h4,7-10,15H,2-3,5-6H2,1H3. The molecule has 1 aromatic rings. The van der Waals surface area contributed by atoms with Gasteiger partial charge < -0.3 is 5.32 Å². The Hall–Kier alpha value is -1.29. The van der Waals surface area contributed by atoms with E-state index in [0.717, 1.165) is 0 Å². The van der Waals surface area contributed by atoms with Crippen molar-refractivity contribution in [3.63, 3.8) is 0 Å². The van der Waals surface area contributed by atoms with Crippen molar-refractivity contribution in [3.05, 3.63) is 33.3 Å². The van der Waals surface area contributed by atoms with Crippen LogP contribution in [0, 0.1) is 16.0 Å². The van der Waals surface area contributed by atoms with Crippen molar-refractivity contribution in [1.82, 2.24) is 0 Å². The van der Waals surface area contributed by atoms with Crippen LogP contribution in [-0.2, 0) is 0 Å². The van der Waals surface area contributed by atoms with E-state index in [1.165, 1.54) is 31.7 Å². The van der Waals surface area contributed by atoms with Gasteiger partial charge in [0, 0.05) is 12.1 Å². The van der Waals surface area contributed by atoms with Crippen LogP contribution in [-0.4, -0.2) is 11.0 Å². The molecule has 4 nitrogen and oxygen atoms in total. The van der Waals surface area contributed by atoms with Crippen molar-refractivity contribution in [2.75, 3.05) is 5.32 Å². The molecule has 98 valence electrons. The smallest absolute Gasteiger partial charge is 0.293 e. The number of hydrogen-bond donors (Lipinski definition) is 1. The Bertz CT molecular complexity index is 445. The molecule has 1 aromatic carbocycles. The van der Waals surface area contributed by atoms with Crippen LogP contribution >= 0.6 is 11.6 Å². The third-order valence-electron chi connectivity index (χ3n) is 3.67. The molecule has 1 aliphatic rings. The molecule has 1 fully saturated rings. The SMILES string of the molecule is CC(Nc1c(Cl)cccc1[N+](=O)[O-])C1CCCC1. The second-order valence-corrected chi connectivity index (χ2v) is 5.28. The molecule has 1 unspecified atom stereocenters. The van der Waals surface area contributed by atoms with Crippen LogP contribution in [0.25, 0.3) is 0 Å². The summed E-state index contributed by atoms with van der Waals surface area (Å²) in [4.78, 5) is 10.6. The maximum atomic E-state index is 11.0. The van der Waals surface area contributed by atoms with Crippen LogP contribution in [0.1, 0.15) is 32.6 Å². The summed E-state index contributed by atoms with van der Waals surface area (Å²) in [6.45, 7) is 2.07. The number of hydrogen-bond acceptors (Lipinski definition) is 3. The van der Waals surface area contributed by atoms with E-state index in [-0.39, 0.29) is 11.7 Å². The third kappa shape index (κ3) is 2.75. The van der Waals surface area contributed by atoms with E-state index in [1.807, 2.05) is 0 Å². The Morgan fingerprint density at radius 1 is 1.44 bits per heavy atom. The summed E-state index contributed by atoms with van der Waals surface area (Å²) in [6, 6.07) is 4.98. The monoisotopic (exact) mass is 268 g/mol. The third-order valence-corrected chi connectivity index (χ3v) is 3.98. The molecule has 1 N–H and O–H groups in total. The number of nitrogens with one attached hydrogen (secondary N) is 1. The van der Waals surface area contributed by atoms with Crippen molar-refractivity contribution < 1.29 is 4.92 Å². The van der Waals surface area contributed by atoms with Crippen molar-refractivity contribution in [2.24, 2.45) is 5.92 Å². The van der Waals surface area contributed by atoms with E-state index in [1.54, 1.807) is 12.1 Å². The number of nitro benzene ring substituents is 1. The van der Waals surface area contributed by atoms with Gasteiger partial charge >= 0.3 is 0 Å². The normalized spacial score (nSPS) is 17.7. The Morgan fingerprint density at radius 2 is 2.11 bits per heavy atom. The zero-order valence-corrected chi connectivity index (χ0v) is 11.1. The van der Waals surface area contributed by atoms with Crippen molar-refractivity contribution in [3.8, 4) is 0 Å². The minimum Gasteiger partial charge on any atom is -0.376 e. The molecule has 2 rings (SSSR count). The first-order valence-electron chi connectivity index (χ1n) is 6.29. The minimum atomic E-state index is -0.393. The molecule has 1 aliphatic carbocycles. The van der Waals surface area contributed by atoms with Gasteiger partial charge in [-0.3, -0.25) is 10.1 Å². The molecule has 0 saturated heterocycles. The van der Waals surface area contributed by atoms with Gasteiger partial charge in [-0.25, -0.2) is 0 Å². The molecular weight excluding hydrogens is 252 g/mol. The summed E-state index contributed by atoms with van der Waals surface area (Å²) in [5, 5.41) is 14.6. The van der Waals surface area contributed by atoms with E-state index >= 15 is 0 Å². The van der Waals surface area contributed by atoms with Gasteiger partial charge in [0.15, 0.2) is 0 Å². The first-order chi connectivity index (χ1) is 8.59. The summed E-state index contributed by atoms with van der Waals surface area (Å²) >= 11 is 6.06. The highest BCUT2D eigenvalue weighted by molar-refractivity contribution is 6.33. The Labute approximate surface area is 111 Å². The average molecular weight is 269 g/mol. The molecule has 0 aliphatic heterocycles. The number of rotatable bonds is 4. The highest BCUT2D eigenvalue weighted by atomic mass is 35.5. The molecule has 18 heavy (non-hydrogen) atoms. The van der Waals surface area contributed by atoms with Crippen LogP contribution in [0.4, 0.5) is 11.4 Å². The predicted molar refractivity (Wildman–Crippen MR) is 73.1 cm³/mol. The van der Waals surface area contributed by atoms with Gasteiger partial charge in [-0.15, -0.1) is 0 Å². The van der Waals surface area contributed by atoms with Crippen LogP contribution in [0.5, 0.6) is 0 Å². The van der Waals surface area contributed by atoms with Crippen molar-refractivity contribution in [1.29, 1.82) is 0 Å². The van der Waals surface area contributed by atoms with Gasteiger partial charge in [-0.2, -0.15) is 0 Å². The second-order valence-electron chi connectivity index (χ2n) is 4.87. The summed E-state index contributed by atoms with van der Waals surface area (Å²) < 4.78 is 0. The highest BCUT2D eigenvalue weighted by Crippen LogP contribution is 2.35. The molecule has 5 heteroatoms. The topological polar surface area (TPSA) is 55.2 Å². The minimum absolute atomic E-state index is 0.0485. The van der Waals surface area contributed by atoms with Crippen LogP contribution in [0.2, 0.25) is 5.02 Å². The Morgan fingerprint density at radius 3 is 2.72 bits per heavy atom. The maximum Gasteiger partial charge on any atom is 0.293 e. The summed E-state index contributed by atoms with van der Waals surface area (Å²) in [7, 11) is 0. The fraction of sp³-hybridized carbons (Fsp3) is 0.538. The van der Waals surface area contributed by atoms with E-state index in [4.69, 9.17) is 11.6 Å². The van der Waals surface area contributed by atoms with Gasteiger partial charge in [-0.1, -0.05) is 30.5 Å². The van der Waals surface area contributed by atoms with Crippen molar-refractivity contribution >= 4 is 23.0 Å². The van der Waals surface area contributed by atoms with E-state index in [9.17, 15) is 10.1 Å². The fourth-order valence-corrected chi connectivity index (χ4v) is 2.83. The van der Waals surface area contributed by atoms with Gasteiger partial charge in [0.05, 0.1) is 9.95 Å². The second kappa shape index (κ2) is 5.57. The zero-order chi connectivity index (χ0) is 13.1. The molecule has 0 amide bonds. The molecule has 1 atom stereocenters. The highest BCUT2D eigenvalue weighted by Gasteiger charge is 2.24. The van der Waals surface area contributed by atoms with Gasteiger partial charge in [-0.05, 0) is 31.7 Å². The lowest BCUT2D eigenvalue weighted by atomic mass is 9.99. The Kier molecular flexibility index (Phi) is 4.07. The van der Waals surface area contributed by atoms with Crippen LogP contribution in [0.3, 0.4) is 0 Å². The largest absolute Gasteiger partial charge is 0.376 e. The van der Waals surface area contributed by atoms with Crippen LogP contribution in [0.15, 0.2) is 18.2 Å². The van der Waals surface area contributed by atoms with Gasteiger partial charge in [0.25, 0.3) is 5.69 Å². The number of para-hydroxylation sites is 1. The average Bonchev–Trinajstić information content (AvgIpc) is 2.85. The van der Waals surface area contributed by atoms with Gasteiger partial charge in [0.1, 0.15) is 5.69 Å². The number of anilines is 1. The predicted octanol–water partition coefficient (Wildman–Crippen LogP) is 4.24. The summed E-state index contributed by atoms with van der Waals surface area (Å²) in [5.41, 5.74) is 0.496. The number of halogens is 1. The lowest BCUT2D eigenvalue weighted by molar-refractivity contribution is -0.384. The lowest BCUT2D eigenvalue weighted by Crippen LogP contribution is -2.24. The molecule has 1 saturated carbocycles. The summed E-state index contributed by atoms with van der Waals surface area (Å²) in [6.07, 6.45) is 4.88. The van der Waals surface area contributed by atoms with E-state index < -0.39 is 4.92 Å². The Balaban J connectivity index is 2.19. The molecule has 0 bridgehead atoms. The quantitative estimate of drug-likeness (QED) is 0.656. The maximum absolute atomic E-state index is 11.0. The molecule has 0 radical (unpaired) electrons. The molecular formula is C13H17ClN2O2. The zero-order valence-electron chi connectivity index (χ0n) is 10.4. The first kappa shape index (κ1) is 13.1. The molecule has 0 heterocycles. The van der Waals surface area contributed by atoms with Crippen LogP contribution < -0.4 is 5.32 Å². The number of benzene rings is 1. The number of nitrogens with zero attached hydrogens (tertiary/aromatic N) is 1. The summed E-state index contributed by atoms with van der Waals surface area (Å²) in [5.74, 6) is 0.584. The fourth-order valence-electron chi connectivity index (χ4n) is 2.61. The van der Waals surface area contributed by atoms with E-state index in [2.05, 4.69) is 12.2 Å². The molecule has 0 aromatic heterocycles. The molecule has 0 spiro atoms. The van der Waals surface area contributed by atoms with Crippen molar-refractivity contribution in [2.45, 2.75) is 38.6 Å². The van der Waals surface area contributed by atoms with E-state index in [0.29, 0.717) is 16.6 Å². The number of nitro groups is 1. The lowest BCUT2D eigenvalue weighted by Gasteiger charge is -2.22.